The Morgan fingerprint density at radius 1 is 1.10 bits per heavy atom. The molecule has 3 nitrogen and oxygen atoms in total. The van der Waals surface area contributed by atoms with Crippen LogP contribution in [-0.4, -0.2) is 37.1 Å². The predicted molar refractivity (Wildman–Crippen MR) is 81.7 cm³/mol. The maximum atomic E-state index is 13.1. The fourth-order valence-electron chi connectivity index (χ4n) is 3.34. The molecule has 2 saturated heterocycles. The lowest BCUT2D eigenvalue weighted by Gasteiger charge is -2.39. The highest BCUT2D eigenvalue weighted by Gasteiger charge is 2.44. The van der Waals surface area contributed by atoms with E-state index in [1.54, 1.807) is 0 Å². The Bertz CT molecular complexity index is 474. The molecule has 108 valence electrons. The first-order valence-corrected chi connectivity index (χ1v) is 8.15. The molecule has 1 amide bonds. The topological polar surface area (TPSA) is 29.5 Å². The van der Waals surface area contributed by atoms with Crippen molar-refractivity contribution < 1.29 is 9.53 Å². The Morgan fingerprint density at radius 3 is 2.30 bits per heavy atom. The molecule has 0 unspecified atom stereocenters. The van der Waals surface area contributed by atoms with Gasteiger partial charge < -0.3 is 9.64 Å². The van der Waals surface area contributed by atoms with Crippen molar-refractivity contribution in [1.82, 2.24) is 4.90 Å². The standard InChI is InChI=1S/C16H20BrNO2/c17-14-5-3-13(4-6-14)16(7-11-20-12-8-16)15(19)18-9-1-2-10-18/h3-6H,1-2,7-12H2. The molecule has 0 radical (unpaired) electrons. The monoisotopic (exact) mass is 337 g/mol. The molecule has 0 aliphatic carbocycles. The smallest absolute Gasteiger partial charge is 0.233 e. The fourth-order valence-corrected chi connectivity index (χ4v) is 3.60. The summed E-state index contributed by atoms with van der Waals surface area (Å²) in [5.74, 6) is 0.306. The van der Waals surface area contributed by atoms with E-state index in [0.29, 0.717) is 19.1 Å². The van der Waals surface area contributed by atoms with E-state index >= 15 is 0 Å². The van der Waals surface area contributed by atoms with E-state index in [1.807, 2.05) is 17.0 Å². The second-order valence-electron chi connectivity index (χ2n) is 5.70. The Hall–Kier alpha value is -0.870. The molecule has 2 heterocycles. The van der Waals surface area contributed by atoms with Gasteiger partial charge in [-0.05, 0) is 43.4 Å². The lowest BCUT2D eigenvalue weighted by Crippen LogP contribution is -2.49. The van der Waals surface area contributed by atoms with Crippen LogP contribution in [0.15, 0.2) is 28.7 Å². The van der Waals surface area contributed by atoms with Gasteiger partial charge in [0.2, 0.25) is 5.91 Å². The van der Waals surface area contributed by atoms with Crippen molar-refractivity contribution in [3.05, 3.63) is 34.3 Å². The first-order chi connectivity index (χ1) is 9.72. The molecule has 2 aliphatic rings. The number of likely N-dealkylation sites (tertiary alicyclic amines) is 1. The summed E-state index contributed by atoms with van der Waals surface area (Å²) in [6, 6.07) is 8.24. The molecule has 0 N–H and O–H groups in total. The van der Waals surface area contributed by atoms with Gasteiger partial charge >= 0.3 is 0 Å². The number of halogens is 1. The van der Waals surface area contributed by atoms with Gasteiger partial charge in [0.1, 0.15) is 0 Å². The number of ether oxygens (including phenoxy) is 1. The summed E-state index contributed by atoms with van der Waals surface area (Å²) >= 11 is 3.47. The summed E-state index contributed by atoms with van der Waals surface area (Å²) in [5.41, 5.74) is 0.768. The first-order valence-electron chi connectivity index (χ1n) is 7.35. The van der Waals surface area contributed by atoms with Crippen LogP contribution in [0.25, 0.3) is 0 Å². The average molecular weight is 338 g/mol. The minimum absolute atomic E-state index is 0.306. The van der Waals surface area contributed by atoms with Crippen LogP contribution in [0.2, 0.25) is 0 Å². The highest BCUT2D eigenvalue weighted by atomic mass is 79.9. The second kappa shape index (κ2) is 5.86. The second-order valence-corrected chi connectivity index (χ2v) is 6.62. The predicted octanol–water partition coefficient (Wildman–Crippen LogP) is 3.12. The van der Waals surface area contributed by atoms with E-state index in [0.717, 1.165) is 48.8 Å². The third kappa shape index (κ3) is 2.51. The molecule has 0 aromatic heterocycles. The van der Waals surface area contributed by atoms with Crippen LogP contribution < -0.4 is 0 Å². The van der Waals surface area contributed by atoms with E-state index in [2.05, 4.69) is 28.1 Å². The summed E-state index contributed by atoms with van der Waals surface area (Å²) < 4.78 is 6.56. The molecule has 20 heavy (non-hydrogen) atoms. The van der Waals surface area contributed by atoms with Gasteiger partial charge in [-0.15, -0.1) is 0 Å². The molecule has 0 spiro atoms. The number of hydrogen-bond donors (Lipinski definition) is 0. The number of carbonyl (C=O) groups is 1. The SMILES string of the molecule is O=C(N1CCCC1)C1(c2ccc(Br)cc2)CCOCC1. The van der Waals surface area contributed by atoms with Gasteiger partial charge in [0.25, 0.3) is 0 Å². The van der Waals surface area contributed by atoms with Gasteiger partial charge in [-0.3, -0.25) is 4.79 Å². The number of carbonyl (C=O) groups excluding carboxylic acids is 1. The molecule has 2 fully saturated rings. The molecule has 0 saturated carbocycles. The zero-order valence-corrected chi connectivity index (χ0v) is 13.2. The number of amides is 1. The lowest BCUT2D eigenvalue weighted by molar-refractivity contribution is -0.140. The van der Waals surface area contributed by atoms with Gasteiger partial charge in [-0.1, -0.05) is 28.1 Å². The Labute approximate surface area is 128 Å². The zero-order valence-electron chi connectivity index (χ0n) is 11.6. The van der Waals surface area contributed by atoms with Crippen LogP contribution >= 0.6 is 15.9 Å². The van der Waals surface area contributed by atoms with Crippen molar-refractivity contribution in [2.24, 2.45) is 0 Å². The average Bonchev–Trinajstić information content (AvgIpc) is 3.02. The largest absolute Gasteiger partial charge is 0.381 e. The molecular formula is C16H20BrNO2. The highest BCUT2D eigenvalue weighted by molar-refractivity contribution is 9.10. The third-order valence-electron chi connectivity index (χ3n) is 4.55. The Morgan fingerprint density at radius 2 is 1.70 bits per heavy atom. The Balaban J connectivity index is 1.95. The van der Waals surface area contributed by atoms with E-state index in [9.17, 15) is 4.79 Å². The van der Waals surface area contributed by atoms with Crippen LogP contribution in [-0.2, 0) is 14.9 Å². The van der Waals surface area contributed by atoms with E-state index < -0.39 is 0 Å². The Kier molecular flexibility index (Phi) is 4.13. The quantitative estimate of drug-likeness (QED) is 0.829. The normalized spacial score (nSPS) is 21.9. The molecule has 1 aromatic carbocycles. The van der Waals surface area contributed by atoms with Gasteiger partial charge in [-0.2, -0.15) is 0 Å². The lowest BCUT2D eigenvalue weighted by atomic mass is 9.73. The molecule has 4 heteroatoms. The number of benzene rings is 1. The molecule has 0 bridgehead atoms. The number of nitrogens with zero attached hydrogens (tertiary/aromatic N) is 1. The molecule has 2 aliphatic heterocycles. The summed E-state index contributed by atoms with van der Waals surface area (Å²) in [6.07, 6.45) is 3.87. The van der Waals surface area contributed by atoms with Crippen LogP contribution in [0.1, 0.15) is 31.2 Å². The van der Waals surface area contributed by atoms with Crippen molar-refractivity contribution in [3.8, 4) is 0 Å². The van der Waals surface area contributed by atoms with Gasteiger partial charge in [-0.25, -0.2) is 0 Å². The minimum atomic E-state index is -0.372. The van der Waals surface area contributed by atoms with Crippen molar-refractivity contribution >= 4 is 21.8 Å². The van der Waals surface area contributed by atoms with Crippen LogP contribution in [0.5, 0.6) is 0 Å². The molecule has 0 atom stereocenters. The number of hydrogen-bond acceptors (Lipinski definition) is 2. The third-order valence-corrected chi connectivity index (χ3v) is 5.07. The van der Waals surface area contributed by atoms with Crippen molar-refractivity contribution in [3.63, 3.8) is 0 Å². The van der Waals surface area contributed by atoms with E-state index in [1.165, 1.54) is 0 Å². The van der Waals surface area contributed by atoms with Crippen molar-refractivity contribution in [2.75, 3.05) is 26.3 Å². The summed E-state index contributed by atoms with van der Waals surface area (Å²) in [5, 5.41) is 0. The first kappa shape index (κ1) is 14.1. The molecule has 1 aromatic rings. The van der Waals surface area contributed by atoms with Crippen molar-refractivity contribution in [1.29, 1.82) is 0 Å². The summed E-state index contributed by atoms with van der Waals surface area (Å²) in [6.45, 7) is 3.18. The van der Waals surface area contributed by atoms with Gasteiger partial charge in [0.15, 0.2) is 0 Å². The number of rotatable bonds is 2. The van der Waals surface area contributed by atoms with E-state index in [-0.39, 0.29) is 5.41 Å². The fraction of sp³-hybridized carbons (Fsp3) is 0.562. The van der Waals surface area contributed by atoms with Gasteiger partial charge in [0, 0.05) is 30.8 Å². The zero-order chi connectivity index (χ0) is 14.0. The van der Waals surface area contributed by atoms with E-state index in [4.69, 9.17) is 4.74 Å². The maximum Gasteiger partial charge on any atom is 0.233 e. The maximum absolute atomic E-state index is 13.1. The highest BCUT2D eigenvalue weighted by Crippen LogP contribution is 2.38. The summed E-state index contributed by atoms with van der Waals surface area (Å²) in [4.78, 5) is 15.1. The molecular weight excluding hydrogens is 318 g/mol. The van der Waals surface area contributed by atoms with Gasteiger partial charge in [0.05, 0.1) is 5.41 Å². The van der Waals surface area contributed by atoms with Crippen LogP contribution in [0, 0.1) is 0 Å². The van der Waals surface area contributed by atoms with Crippen LogP contribution in [0.3, 0.4) is 0 Å². The molecule has 3 rings (SSSR count). The minimum Gasteiger partial charge on any atom is -0.381 e. The summed E-state index contributed by atoms with van der Waals surface area (Å²) in [7, 11) is 0. The van der Waals surface area contributed by atoms with Crippen LogP contribution in [0.4, 0.5) is 0 Å². The van der Waals surface area contributed by atoms with Crippen molar-refractivity contribution in [2.45, 2.75) is 31.1 Å².